The van der Waals surface area contributed by atoms with Gasteiger partial charge in [0.15, 0.2) is 0 Å². The summed E-state index contributed by atoms with van der Waals surface area (Å²) in [6, 6.07) is 12.6. The maximum Gasteiger partial charge on any atom is 0.264 e. The number of halogens is 1. The molecule has 0 aliphatic heterocycles. The van der Waals surface area contributed by atoms with Gasteiger partial charge in [-0.3, -0.25) is 9.71 Å². The minimum Gasteiger partial charge on any atom is -0.277 e. The molecule has 0 bridgehead atoms. The van der Waals surface area contributed by atoms with E-state index in [-0.39, 0.29) is 10.6 Å². The molecule has 0 aliphatic carbocycles. The van der Waals surface area contributed by atoms with E-state index >= 15 is 0 Å². The third-order valence-electron chi connectivity index (χ3n) is 3.25. The van der Waals surface area contributed by atoms with Crippen LogP contribution < -0.4 is 4.72 Å². The number of aryl methyl sites for hydroxylation is 1. The second kappa shape index (κ2) is 5.38. The molecule has 0 radical (unpaired) electrons. The number of hydrogen-bond acceptors (Lipinski definition) is 3. The minimum atomic E-state index is -3.93. The zero-order valence-electron chi connectivity index (χ0n) is 11.7. The van der Waals surface area contributed by atoms with E-state index in [9.17, 15) is 12.8 Å². The van der Waals surface area contributed by atoms with Crippen LogP contribution in [-0.2, 0) is 10.0 Å². The molecule has 22 heavy (non-hydrogen) atoms. The Morgan fingerprint density at radius 3 is 2.68 bits per heavy atom. The van der Waals surface area contributed by atoms with Crippen molar-refractivity contribution in [3.05, 3.63) is 66.1 Å². The molecule has 1 N–H and O–H groups in total. The fourth-order valence-corrected chi connectivity index (χ4v) is 3.45. The molecule has 0 unspecified atom stereocenters. The molecule has 0 fully saturated rings. The number of benzene rings is 2. The number of pyridine rings is 1. The zero-order chi connectivity index (χ0) is 15.7. The summed E-state index contributed by atoms with van der Waals surface area (Å²) < 4.78 is 41.2. The van der Waals surface area contributed by atoms with E-state index in [0.717, 1.165) is 5.56 Å². The van der Waals surface area contributed by atoms with Crippen molar-refractivity contribution in [3.8, 4) is 0 Å². The first-order valence-electron chi connectivity index (χ1n) is 6.60. The predicted octanol–water partition coefficient (Wildman–Crippen LogP) is 3.48. The number of fused-ring (bicyclic) bond motifs is 1. The second-order valence-electron chi connectivity index (χ2n) is 4.92. The molecule has 0 atom stereocenters. The van der Waals surface area contributed by atoms with Gasteiger partial charge >= 0.3 is 0 Å². The van der Waals surface area contributed by atoms with Gasteiger partial charge in [0.25, 0.3) is 10.0 Å². The molecule has 0 aliphatic rings. The Morgan fingerprint density at radius 1 is 1.09 bits per heavy atom. The van der Waals surface area contributed by atoms with Crippen molar-refractivity contribution in [2.24, 2.45) is 0 Å². The maximum atomic E-state index is 13.8. The van der Waals surface area contributed by atoms with Gasteiger partial charge in [0.05, 0.1) is 11.2 Å². The number of rotatable bonds is 3. The van der Waals surface area contributed by atoms with Crippen LogP contribution in [0.3, 0.4) is 0 Å². The Hall–Kier alpha value is -2.47. The van der Waals surface area contributed by atoms with Gasteiger partial charge in [-0.15, -0.1) is 0 Å². The van der Waals surface area contributed by atoms with Crippen LogP contribution in [0.5, 0.6) is 0 Å². The smallest absolute Gasteiger partial charge is 0.264 e. The van der Waals surface area contributed by atoms with Gasteiger partial charge in [-0.05, 0) is 36.8 Å². The molecular formula is C16H13FN2O2S. The average molecular weight is 316 g/mol. The monoisotopic (exact) mass is 316 g/mol. The normalized spacial score (nSPS) is 11.5. The molecule has 6 heteroatoms. The van der Waals surface area contributed by atoms with E-state index < -0.39 is 15.8 Å². The highest BCUT2D eigenvalue weighted by Gasteiger charge is 2.19. The molecule has 0 saturated heterocycles. The van der Waals surface area contributed by atoms with E-state index in [4.69, 9.17) is 0 Å². The molecule has 0 spiro atoms. The van der Waals surface area contributed by atoms with E-state index in [2.05, 4.69) is 9.71 Å². The number of aromatic nitrogens is 1. The summed E-state index contributed by atoms with van der Waals surface area (Å²) in [6.45, 7) is 1.76. The Morgan fingerprint density at radius 2 is 1.86 bits per heavy atom. The van der Waals surface area contributed by atoms with Crippen molar-refractivity contribution in [2.45, 2.75) is 11.8 Å². The van der Waals surface area contributed by atoms with Crippen LogP contribution in [0.15, 0.2) is 59.6 Å². The predicted molar refractivity (Wildman–Crippen MR) is 83.7 cm³/mol. The van der Waals surface area contributed by atoms with E-state index in [0.29, 0.717) is 10.9 Å². The summed E-state index contributed by atoms with van der Waals surface area (Å²) in [5, 5.41) is 0.704. The lowest BCUT2D eigenvalue weighted by molar-refractivity contribution is 0.599. The quantitative estimate of drug-likeness (QED) is 0.805. The molecule has 1 aromatic heterocycles. The average Bonchev–Trinajstić information content (AvgIpc) is 2.50. The van der Waals surface area contributed by atoms with Gasteiger partial charge in [0.1, 0.15) is 10.7 Å². The molecular weight excluding hydrogens is 303 g/mol. The van der Waals surface area contributed by atoms with Gasteiger partial charge in [0.2, 0.25) is 0 Å². The van der Waals surface area contributed by atoms with E-state index in [1.54, 1.807) is 37.3 Å². The first-order chi connectivity index (χ1) is 10.5. The third kappa shape index (κ3) is 2.65. The number of nitrogens with zero attached hydrogens (tertiary/aromatic N) is 1. The Labute approximate surface area is 127 Å². The highest BCUT2D eigenvalue weighted by atomic mass is 32.2. The maximum absolute atomic E-state index is 13.8. The first kappa shape index (κ1) is 14.5. The number of hydrogen-bond donors (Lipinski definition) is 1. The van der Waals surface area contributed by atoms with Crippen molar-refractivity contribution in [2.75, 3.05) is 4.72 Å². The van der Waals surface area contributed by atoms with Crippen molar-refractivity contribution < 1.29 is 12.8 Å². The molecule has 112 valence electrons. The van der Waals surface area contributed by atoms with Crippen molar-refractivity contribution in [1.29, 1.82) is 0 Å². The SMILES string of the molecule is Cc1ccc(F)c(NS(=O)(=O)c2cccc3cccnc23)c1. The van der Waals surface area contributed by atoms with Crippen LogP contribution >= 0.6 is 0 Å². The molecule has 0 amide bonds. The summed E-state index contributed by atoms with van der Waals surface area (Å²) >= 11 is 0. The van der Waals surface area contributed by atoms with Crippen molar-refractivity contribution in [1.82, 2.24) is 4.98 Å². The summed E-state index contributed by atoms with van der Waals surface area (Å²) in [5.41, 5.74) is 1.04. The van der Waals surface area contributed by atoms with Crippen LogP contribution in [0.25, 0.3) is 10.9 Å². The topological polar surface area (TPSA) is 59.1 Å². The highest BCUT2D eigenvalue weighted by Crippen LogP contribution is 2.24. The van der Waals surface area contributed by atoms with Crippen LogP contribution in [0, 0.1) is 12.7 Å². The van der Waals surface area contributed by atoms with Gasteiger partial charge in [0, 0.05) is 11.6 Å². The fourth-order valence-electron chi connectivity index (χ4n) is 2.21. The fraction of sp³-hybridized carbons (Fsp3) is 0.0625. The van der Waals surface area contributed by atoms with Crippen molar-refractivity contribution >= 4 is 26.6 Å². The summed E-state index contributed by atoms with van der Waals surface area (Å²) in [5.74, 6) is -0.623. The van der Waals surface area contributed by atoms with Crippen LogP contribution in [0.1, 0.15) is 5.56 Å². The lowest BCUT2D eigenvalue weighted by atomic mass is 10.2. The highest BCUT2D eigenvalue weighted by molar-refractivity contribution is 7.93. The molecule has 3 aromatic rings. The minimum absolute atomic E-state index is 0.0199. The Kier molecular flexibility index (Phi) is 3.54. The molecule has 2 aromatic carbocycles. The Balaban J connectivity index is 2.11. The summed E-state index contributed by atoms with van der Waals surface area (Å²) in [4.78, 5) is 4.14. The van der Waals surface area contributed by atoms with Gasteiger partial charge in [-0.2, -0.15) is 0 Å². The largest absolute Gasteiger partial charge is 0.277 e. The Bertz CT molecular complexity index is 950. The number of sulfonamides is 1. The number of anilines is 1. The van der Waals surface area contributed by atoms with E-state index in [1.165, 1.54) is 24.4 Å². The van der Waals surface area contributed by atoms with Gasteiger partial charge in [-0.1, -0.05) is 24.3 Å². The van der Waals surface area contributed by atoms with Gasteiger partial charge < -0.3 is 0 Å². The lowest BCUT2D eigenvalue weighted by Crippen LogP contribution is -2.14. The van der Waals surface area contributed by atoms with Gasteiger partial charge in [-0.25, -0.2) is 12.8 Å². The third-order valence-corrected chi connectivity index (χ3v) is 4.65. The number of para-hydroxylation sites is 1. The number of nitrogens with one attached hydrogen (secondary N) is 1. The molecule has 4 nitrogen and oxygen atoms in total. The molecule has 3 rings (SSSR count). The molecule has 0 saturated carbocycles. The van der Waals surface area contributed by atoms with Crippen LogP contribution in [0.2, 0.25) is 0 Å². The van der Waals surface area contributed by atoms with Crippen LogP contribution in [-0.4, -0.2) is 13.4 Å². The molecule has 1 heterocycles. The van der Waals surface area contributed by atoms with Crippen LogP contribution in [0.4, 0.5) is 10.1 Å². The zero-order valence-corrected chi connectivity index (χ0v) is 12.6. The lowest BCUT2D eigenvalue weighted by Gasteiger charge is -2.11. The standard InChI is InChI=1S/C16H13FN2O2S/c1-11-7-8-13(17)14(10-11)19-22(20,21)15-6-2-4-12-5-3-9-18-16(12)15/h2-10,19H,1H3. The second-order valence-corrected chi connectivity index (χ2v) is 6.57. The summed E-state index contributed by atoms with van der Waals surface area (Å²) in [6.07, 6.45) is 1.52. The van der Waals surface area contributed by atoms with Crippen molar-refractivity contribution in [3.63, 3.8) is 0 Å². The first-order valence-corrected chi connectivity index (χ1v) is 8.08. The summed E-state index contributed by atoms with van der Waals surface area (Å²) in [7, 11) is -3.93. The van der Waals surface area contributed by atoms with E-state index in [1.807, 2.05) is 0 Å².